The number of fused-ring (bicyclic) bond motifs is 1. The maximum absolute atomic E-state index is 9.47. The zero-order valence-electron chi connectivity index (χ0n) is 12.8. The zero-order valence-corrected chi connectivity index (χ0v) is 12.8. The van der Waals surface area contributed by atoms with Crippen LogP contribution in [-0.2, 0) is 6.54 Å². The number of pyridine rings is 1. The van der Waals surface area contributed by atoms with E-state index in [4.69, 9.17) is 0 Å². The molecule has 0 saturated carbocycles. The van der Waals surface area contributed by atoms with Crippen molar-refractivity contribution in [1.29, 1.82) is 0 Å². The highest BCUT2D eigenvalue weighted by atomic mass is 16.3. The summed E-state index contributed by atoms with van der Waals surface area (Å²) in [6, 6.07) is 10.5. The van der Waals surface area contributed by atoms with E-state index in [-0.39, 0.29) is 18.1 Å². The molecule has 2 aromatic rings. The molecule has 0 saturated heterocycles. The third-order valence-electron chi connectivity index (χ3n) is 3.67. The number of aryl methyl sites for hydroxylation is 1. The molecule has 0 aliphatic carbocycles. The molecule has 1 aromatic heterocycles. The van der Waals surface area contributed by atoms with E-state index in [0.717, 1.165) is 23.1 Å². The summed E-state index contributed by atoms with van der Waals surface area (Å²) >= 11 is 0. The number of hydrogen-bond acceptors (Lipinski definition) is 3. The van der Waals surface area contributed by atoms with Gasteiger partial charge in [0, 0.05) is 23.7 Å². The van der Waals surface area contributed by atoms with Crippen LogP contribution >= 0.6 is 0 Å². The molecule has 0 fully saturated rings. The lowest BCUT2D eigenvalue weighted by Gasteiger charge is -2.30. The second-order valence-electron chi connectivity index (χ2n) is 6.46. The van der Waals surface area contributed by atoms with Crippen LogP contribution in [-0.4, -0.2) is 22.7 Å². The fourth-order valence-corrected chi connectivity index (χ4v) is 2.27. The average Bonchev–Trinajstić information content (AvgIpc) is 2.38. The van der Waals surface area contributed by atoms with E-state index in [1.807, 2.05) is 13.0 Å². The van der Waals surface area contributed by atoms with E-state index in [1.54, 1.807) is 0 Å². The smallest absolute Gasteiger partial charge is 0.0705 e. The van der Waals surface area contributed by atoms with Crippen molar-refractivity contribution in [2.45, 2.75) is 40.3 Å². The minimum absolute atomic E-state index is 0.0459. The van der Waals surface area contributed by atoms with E-state index in [0.29, 0.717) is 0 Å². The van der Waals surface area contributed by atoms with Gasteiger partial charge in [0.05, 0.1) is 12.1 Å². The Morgan fingerprint density at radius 3 is 2.60 bits per heavy atom. The van der Waals surface area contributed by atoms with Gasteiger partial charge in [0.15, 0.2) is 0 Å². The third-order valence-corrected chi connectivity index (χ3v) is 3.67. The molecule has 0 amide bonds. The van der Waals surface area contributed by atoms with E-state index in [9.17, 15) is 5.11 Å². The standard InChI is InChI=1S/C17H24N2O/c1-12-5-7-14-9-13(6-8-15(14)19-12)10-18-16(11-20)17(2,3)4/h5-9,16,18,20H,10-11H2,1-4H3/t16-/m1/s1. The number of rotatable bonds is 4. The van der Waals surface area contributed by atoms with Crippen LogP contribution in [0.25, 0.3) is 10.9 Å². The second kappa shape index (κ2) is 5.90. The number of hydrogen-bond donors (Lipinski definition) is 2. The molecule has 0 radical (unpaired) electrons. The molecule has 0 spiro atoms. The lowest BCUT2D eigenvalue weighted by Crippen LogP contribution is -2.42. The minimum atomic E-state index is 0.0459. The summed E-state index contributed by atoms with van der Waals surface area (Å²) in [6.07, 6.45) is 0. The molecular weight excluding hydrogens is 248 g/mol. The summed E-state index contributed by atoms with van der Waals surface area (Å²) < 4.78 is 0. The van der Waals surface area contributed by atoms with Gasteiger partial charge in [-0.05, 0) is 36.1 Å². The molecule has 1 aromatic carbocycles. The lowest BCUT2D eigenvalue weighted by molar-refractivity contribution is 0.158. The number of nitrogens with one attached hydrogen (secondary N) is 1. The van der Waals surface area contributed by atoms with Gasteiger partial charge < -0.3 is 10.4 Å². The Kier molecular flexibility index (Phi) is 4.41. The molecule has 1 heterocycles. The number of aromatic nitrogens is 1. The van der Waals surface area contributed by atoms with Crippen LogP contribution in [0.5, 0.6) is 0 Å². The van der Waals surface area contributed by atoms with Gasteiger partial charge in [0.1, 0.15) is 0 Å². The first-order valence-corrected chi connectivity index (χ1v) is 7.10. The number of aliphatic hydroxyl groups excluding tert-OH is 1. The van der Waals surface area contributed by atoms with Crippen molar-refractivity contribution in [3.63, 3.8) is 0 Å². The molecular formula is C17H24N2O. The highest BCUT2D eigenvalue weighted by molar-refractivity contribution is 5.79. The maximum atomic E-state index is 9.47. The Labute approximate surface area is 121 Å². The molecule has 108 valence electrons. The molecule has 3 heteroatoms. The SMILES string of the molecule is Cc1ccc2cc(CN[C@H](CO)C(C)(C)C)ccc2n1. The normalized spacial score (nSPS) is 13.7. The van der Waals surface area contributed by atoms with Crippen molar-refractivity contribution < 1.29 is 5.11 Å². The Hall–Kier alpha value is -1.45. The summed E-state index contributed by atoms with van der Waals surface area (Å²) in [7, 11) is 0. The minimum Gasteiger partial charge on any atom is -0.395 e. The maximum Gasteiger partial charge on any atom is 0.0705 e. The van der Waals surface area contributed by atoms with Gasteiger partial charge in [-0.25, -0.2) is 0 Å². The van der Waals surface area contributed by atoms with Gasteiger partial charge in [-0.1, -0.05) is 32.9 Å². The van der Waals surface area contributed by atoms with Gasteiger partial charge in [-0.3, -0.25) is 4.98 Å². The molecule has 0 aliphatic rings. The Morgan fingerprint density at radius 2 is 1.95 bits per heavy atom. The van der Waals surface area contributed by atoms with Crippen molar-refractivity contribution in [1.82, 2.24) is 10.3 Å². The Balaban J connectivity index is 2.12. The lowest BCUT2D eigenvalue weighted by atomic mass is 9.87. The first-order valence-electron chi connectivity index (χ1n) is 7.10. The quantitative estimate of drug-likeness (QED) is 0.899. The zero-order chi connectivity index (χ0) is 14.8. The average molecular weight is 272 g/mol. The van der Waals surface area contributed by atoms with Gasteiger partial charge in [0.25, 0.3) is 0 Å². The fraction of sp³-hybridized carbons (Fsp3) is 0.471. The molecule has 1 atom stereocenters. The van der Waals surface area contributed by atoms with Gasteiger partial charge >= 0.3 is 0 Å². The van der Waals surface area contributed by atoms with Crippen LogP contribution in [0.3, 0.4) is 0 Å². The molecule has 3 nitrogen and oxygen atoms in total. The summed E-state index contributed by atoms with van der Waals surface area (Å²) in [5.74, 6) is 0. The van der Waals surface area contributed by atoms with Crippen LogP contribution in [0.1, 0.15) is 32.0 Å². The molecule has 0 unspecified atom stereocenters. The van der Waals surface area contributed by atoms with Gasteiger partial charge in [-0.15, -0.1) is 0 Å². The molecule has 20 heavy (non-hydrogen) atoms. The van der Waals surface area contributed by atoms with Crippen molar-refractivity contribution in [2.75, 3.05) is 6.61 Å². The summed E-state index contributed by atoms with van der Waals surface area (Å²) in [5.41, 5.74) is 3.33. The summed E-state index contributed by atoms with van der Waals surface area (Å²) in [4.78, 5) is 4.51. The molecule has 2 N–H and O–H groups in total. The molecule has 2 rings (SSSR count). The van der Waals surface area contributed by atoms with Crippen LogP contribution < -0.4 is 5.32 Å². The number of nitrogens with zero attached hydrogens (tertiary/aromatic N) is 1. The van der Waals surface area contributed by atoms with Gasteiger partial charge in [-0.2, -0.15) is 0 Å². The largest absolute Gasteiger partial charge is 0.395 e. The van der Waals surface area contributed by atoms with Crippen molar-refractivity contribution in [3.8, 4) is 0 Å². The number of aliphatic hydroxyl groups is 1. The van der Waals surface area contributed by atoms with E-state index >= 15 is 0 Å². The first-order chi connectivity index (χ1) is 9.40. The fourth-order valence-electron chi connectivity index (χ4n) is 2.27. The predicted octanol–water partition coefficient (Wildman–Crippen LogP) is 3.04. The van der Waals surface area contributed by atoms with E-state index in [1.165, 1.54) is 5.56 Å². The third kappa shape index (κ3) is 3.56. The van der Waals surface area contributed by atoms with Crippen molar-refractivity contribution in [2.24, 2.45) is 5.41 Å². The summed E-state index contributed by atoms with van der Waals surface area (Å²) in [5, 5.41) is 14.1. The van der Waals surface area contributed by atoms with Crippen LogP contribution in [0.2, 0.25) is 0 Å². The van der Waals surface area contributed by atoms with Crippen LogP contribution in [0, 0.1) is 12.3 Å². The molecule has 0 bridgehead atoms. The monoisotopic (exact) mass is 272 g/mol. The van der Waals surface area contributed by atoms with Crippen molar-refractivity contribution >= 4 is 10.9 Å². The second-order valence-corrected chi connectivity index (χ2v) is 6.46. The number of benzene rings is 1. The predicted molar refractivity (Wildman–Crippen MR) is 83.6 cm³/mol. The highest BCUT2D eigenvalue weighted by Gasteiger charge is 2.22. The first kappa shape index (κ1) is 14.9. The van der Waals surface area contributed by atoms with E-state index < -0.39 is 0 Å². The van der Waals surface area contributed by atoms with Crippen LogP contribution in [0.15, 0.2) is 30.3 Å². The van der Waals surface area contributed by atoms with E-state index in [2.05, 4.69) is 55.3 Å². The molecule has 0 aliphatic heterocycles. The van der Waals surface area contributed by atoms with Crippen LogP contribution in [0.4, 0.5) is 0 Å². The highest BCUT2D eigenvalue weighted by Crippen LogP contribution is 2.20. The topological polar surface area (TPSA) is 45.1 Å². The Morgan fingerprint density at radius 1 is 1.20 bits per heavy atom. The van der Waals surface area contributed by atoms with Gasteiger partial charge in [0.2, 0.25) is 0 Å². The Bertz CT molecular complexity index is 587. The summed E-state index contributed by atoms with van der Waals surface area (Å²) in [6.45, 7) is 9.31. The van der Waals surface area contributed by atoms with Crippen molar-refractivity contribution in [3.05, 3.63) is 41.6 Å².